The molecule has 0 bridgehead atoms. The van der Waals surface area contributed by atoms with Crippen molar-refractivity contribution in [3.63, 3.8) is 0 Å². The second-order valence-corrected chi connectivity index (χ2v) is 5.48. The minimum Gasteiger partial charge on any atom is -0.492 e. The van der Waals surface area contributed by atoms with E-state index >= 15 is 0 Å². The maximum absolute atomic E-state index is 14.1. The largest absolute Gasteiger partial charge is 0.492 e. The van der Waals surface area contributed by atoms with Crippen molar-refractivity contribution in [1.82, 2.24) is 10.4 Å². The van der Waals surface area contributed by atoms with Gasteiger partial charge < -0.3 is 4.74 Å². The molecule has 4 nitrogen and oxygen atoms in total. The van der Waals surface area contributed by atoms with Gasteiger partial charge >= 0.3 is 0 Å². The summed E-state index contributed by atoms with van der Waals surface area (Å²) in [7, 11) is 0. The number of hydrogen-bond acceptors (Lipinski definition) is 4. The summed E-state index contributed by atoms with van der Waals surface area (Å²) in [6.45, 7) is 2.64. The van der Waals surface area contributed by atoms with Crippen LogP contribution in [0, 0.1) is 5.82 Å². The fourth-order valence-corrected chi connectivity index (χ4v) is 2.33. The molecule has 0 saturated heterocycles. The Hall–Kier alpha value is -1.50. The van der Waals surface area contributed by atoms with Gasteiger partial charge in [-0.3, -0.25) is 10.8 Å². The minimum absolute atomic E-state index is 0.341. The average molecular weight is 354 g/mol. The van der Waals surface area contributed by atoms with Crippen LogP contribution in [0.4, 0.5) is 4.39 Å². The van der Waals surface area contributed by atoms with Crippen molar-refractivity contribution < 1.29 is 9.13 Å². The average Bonchev–Trinajstić information content (AvgIpc) is 2.48. The highest BCUT2D eigenvalue weighted by Crippen LogP contribution is 2.27. The smallest absolute Gasteiger partial charge is 0.137 e. The van der Waals surface area contributed by atoms with E-state index in [9.17, 15) is 4.39 Å². The van der Waals surface area contributed by atoms with E-state index in [-0.39, 0.29) is 5.82 Å². The molecule has 1 aromatic heterocycles. The standard InChI is InChI=1S/C15H17BrFN3O/c1-2-5-21-12-6-10(8-19-9-12)15(20-18)13-4-3-11(16)7-14(13)17/h3-4,6-9,15,20H,2,5,18H2,1H3. The van der Waals surface area contributed by atoms with Crippen LogP contribution in [-0.4, -0.2) is 11.6 Å². The third-order valence-corrected chi connectivity index (χ3v) is 3.47. The van der Waals surface area contributed by atoms with Crippen LogP contribution in [0.5, 0.6) is 5.75 Å². The van der Waals surface area contributed by atoms with Crippen LogP contribution in [0.15, 0.2) is 41.1 Å². The van der Waals surface area contributed by atoms with Crippen LogP contribution < -0.4 is 16.0 Å². The molecule has 0 fully saturated rings. The molecule has 3 N–H and O–H groups in total. The zero-order valence-corrected chi connectivity index (χ0v) is 13.2. The summed E-state index contributed by atoms with van der Waals surface area (Å²) in [5.41, 5.74) is 3.82. The summed E-state index contributed by atoms with van der Waals surface area (Å²) in [6, 6.07) is 6.19. The topological polar surface area (TPSA) is 60.2 Å². The molecule has 6 heteroatoms. The second kappa shape index (κ2) is 7.49. The van der Waals surface area contributed by atoms with E-state index in [0.29, 0.717) is 22.4 Å². The minimum atomic E-state index is -0.490. The molecule has 0 radical (unpaired) electrons. The van der Waals surface area contributed by atoms with Crippen LogP contribution in [0.3, 0.4) is 0 Å². The lowest BCUT2D eigenvalue weighted by Gasteiger charge is -2.18. The molecule has 2 rings (SSSR count). The molecule has 0 aliphatic rings. The monoisotopic (exact) mass is 353 g/mol. The summed E-state index contributed by atoms with van der Waals surface area (Å²) < 4.78 is 20.3. The van der Waals surface area contributed by atoms with Gasteiger partial charge in [-0.25, -0.2) is 9.82 Å². The molecule has 0 spiro atoms. The number of hydrogen-bond donors (Lipinski definition) is 2. The summed E-state index contributed by atoms with van der Waals surface area (Å²) in [5, 5.41) is 0. The summed E-state index contributed by atoms with van der Waals surface area (Å²) in [4.78, 5) is 4.13. The Morgan fingerprint density at radius 3 is 2.86 bits per heavy atom. The zero-order valence-electron chi connectivity index (χ0n) is 11.6. The molecule has 2 aromatic rings. The number of benzene rings is 1. The van der Waals surface area contributed by atoms with Crippen molar-refractivity contribution in [3.05, 3.63) is 58.1 Å². The Bertz CT molecular complexity index is 609. The summed E-state index contributed by atoms with van der Waals surface area (Å²) >= 11 is 3.24. The lowest BCUT2D eigenvalue weighted by Crippen LogP contribution is -2.29. The number of halogens is 2. The van der Waals surface area contributed by atoms with E-state index in [4.69, 9.17) is 10.6 Å². The van der Waals surface area contributed by atoms with Gasteiger partial charge in [0.2, 0.25) is 0 Å². The number of pyridine rings is 1. The van der Waals surface area contributed by atoms with Gasteiger partial charge in [-0.2, -0.15) is 0 Å². The highest BCUT2D eigenvalue weighted by Gasteiger charge is 2.17. The van der Waals surface area contributed by atoms with Gasteiger partial charge in [-0.05, 0) is 30.2 Å². The van der Waals surface area contributed by atoms with Crippen LogP contribution in [0.1, 0.15) is 30.5 Å². The van der Waals surface area contributed by atoms with Gasteiger partial charge in [-0.15, -0.1) is 0 Å². The van der Waals surface area contributed by atoms with E-state index in [0.717, 1.165) is 12.0 Å². The maximum atomic E-state index is 14.1. The van der Waals surface area contributed by atoms with Crippen molar-refractivity contribution in [2.24, 2.45) is 5.84 Å². The van der Waals surface area contributed by atoms with Gasteiger partial charge in [0.1, 0.15) is 11.6 Å². The number of rotatable bonds is 6. The first-order valence-corrected chi connectivity index (χ1v) is 7.43. The fraction of sp³-hybridized carbons (Fsp3) is 0.267. The van der Waals surface area contributed by atoms with Gasteiger partial charge in [0, 0.05) is 16.2 Å². The molecule has 112 valence electrons. The highest BCUT2D eigenvalue weighted by atomic mass is 79.9. The van der Waals surface area contributed by atoms with Crippen molar-refractivity contribution in [3.8, 4) is 5.75 Å². The predicted molar refractivity (Wildman–Crippen MR) is 83.3 cm³/mol. The zero-order chi connectivity index (χ0) is 15.2. The van der Waals surface area contributed by atoms with Gasteiger partial charge in [0.05, 0.1) is 18.8 Å². The van der Waals surface area contributed by atoms with E-state index in [1.54, 1.807) is 24.5 Å². The van der Waals surface area contributed by atoms with E-state index in [1.165, 1.54) is 6.07 Å². The Morgan fingerprint density at radius 2 is 2.19 bits per heavy atom. The first-order chi connectivity index (χ1) is 10.2. The Labute approximate surface area is 131 Å². The first kappa shape index (κ1) is 15.9. The SMILES string of the molecule is CCCOc1cncc(C(NN)c2ccc(Br)cc2F)c1. The molecular formula is C15H17BrFN3O. The molecule has 1 unspecified atom stereocenters. The first-order valence-electron chi connectivity index (χ1n) is 6.64. The van der Waals surface area contributed by atoms with Crippen molar-refractivity contribution in [2.75, 3.05) is 6.61 Å². The molecule has 0 aliphatic carbocycles. The number of nitrogens with one attached hydrogen (secondary N) is 1. The fourth-order valence-electron chi connectivity index (χ4n) is 1.99. The molecule has 1 heterocycles. The third-order valence-electron chi connectivity index (χ3n) is 2.98. The lowest BCUT2D eigenvalue weighted by atomic mass is 10.0. The van der Waals surface area contributed by atoms with Crippen molar-refractivity contribution in [1.29, 1.82) is 0 Å². The van der Waals surface area contributed by atoms with Crippen molar-refractivity contribution >= 4 is 15.9 Å². The molecular weight excluding hydrogens is 337 g/mol. The normalized spacial score (nSPS) is 12.2. The van der Waals surface area contributed by atoms with E-state index in [2.05, 4.69) is 26.3 Å². The predicted octanol–water partition coefficient (Wildman–Crippen LogP) is 3.32. The van der Waals surface area contributed by atoms with Crippen molar-refractivity contribution in [2.45, 2.75) is 19.4 Å². The number of hydrazine groups is 1. The Morgan fingerprint density at radius 1 is 1.38 bits per heavy atom. The summed E-state index contributed by atoms with van der Waals surface area (Å²) in [5.74, 6) is 5.90. The molecule has 1 aromatic carbocycles. The van der Waals surface area contributed by atoms with Crippen LogP contribution in [-0.2, 0) is 0 Å². The van der Waals surface area contributed by atoms with Gasteiger partial charge in [0.15, 0.2) is 0 Å². The highest BCUT2D eigenvalue weighted by molar-refractivity contribution is 9.10. The molecule has 21 heavy (non-hydrogen) atoms. The van der Waals surface area contributed by atoms with Crippen LogP contribution in [0.2, 0.25) is 0 Å². The number of nitrogens with zero attached hydrogens (tertiary/aromatic N) is 1. The van der Waals surface area contributed by atoms with Gasteiger partial charge in [0.25, 0.3) is 0 Å². The van der Waals surface area contributed by atoms with Gasteiger partial charge in [-0.1, -0.05) is 28.9 Å². The third kappa shape index (κ3) is 4.00. The van der Waals surface area contributed by atoms with Crippen LogP contribution in [0.25, 0.3) is 0 Å². The maximum Gasteiger partial charge on any atom is 0.137 e. The number of aromatic nitrogens is 1. The number of nitrogens with two attached hydrogens (primary N) is 1. The summed E-state index contributed by atoms with van der Waals surface area (Å²) in [6.07, 6.45) is 4.18. The lowest BCUT2D eigenvalue weighted by molar-refractivity contribution is 0.315. The quantitative estimate of drug-likeness (QED) is 0.617. The molecule has 1 atom stereocenters. The van der Waals surface area contributed by atoms with E-state index < -0.39 is 6.04 Å². The molecule has 0 amide bonds. The van der Waals surface area contributed by atoms with E-state index in [1.807, 2.05) is 13.0 Å². The Kier molecular flexibility index (Phi) is 5.67. The molecule has 0 saturated carbocycles. The van der Waals surface area contributed by atoms with Crippen LogP contribution >= 0.6 is 15.9 Å². The Balaban J connectivity index is 2.32. The molecule has 0 aliphatic heterocycles. The second-order valence-electron chi connectivity index (χ2n) is 4.57. The number of ether oxygens (including phenoxy) is 1.